The number of nitrogens with one attached hydrogen (secondary N) is 1. The van der Waals surface area contributed by atoms with Gasteiger partial charge in [-0.2, -0.15) is 0 Å². The number of hydrogen-bond donors (Lipinski definition) is 2. The molecule has 1 saturated heterocycles. The van der Waals surface area contributed by atoms with E-state index in [1.807, 2.05) is 0 Å². The first-order valence-corrected chi connectivity index (χ1v) is 8.18. The Morgan fingerprint density at radius 2 is 2.19 bits per heavy atom. The molecule has 5 nitrogen and oxygen atoms in total. The minimum absolute atomic E-state index is 0.329. The van der Waals surface area contributed by atoms with Gasteiger partial charge in [-0.05, 0) is 38.6 Å². The Morgan fingerprint density at radius 3 is 2.90 bits per heavy atom. The standard InChI is InChI=1S/C16H29N5/c1-12(2)14-15(17)19-11-20-16(14)18-8-6-10-21-9-5-4-7-13(21)3/h11-13H,4-10H2,1-3H3,(H3,17,18,19,20). The zero-order chi connectivity index (χ0) is 15.2. The molecular formula is C16H29N5. The molecule has 0 saturated carbocycles. The number of hydrogen-bond acceptors (Lipinski definition) is 5. The van der Waals surface area contributed by atoms with Crippen molar-refractivity contribution in [2.75, 3.05) is 30.7 Å². The third-order valence-electron chi connectivity index (χ3n) is 4.35. The number of nitrogen functional groups attached to an aromatic ring is 1. The zero-order valence-electron chi connectivity index (χ0n) is 13.6. The molecule has 3 N–H and O–H groups in total. The van der Waals surface area contributed by atoms with Crippen molar-refractivity contribution in [2.24, 2.45) is 0 Å². The molecule has 0 spiro atoms. The molecule has 1 unspecified atom stereocenters. The van der Waals surface area contributed by atoms with E-state index in [0.717, 1.165) is 36.9 Å². The van der Waals surface area contributed by atoms with E-state index in [-0.39, 0.29) is 0 Å². The molecule has 0 radical (unpaired) electrons. The van der Waals surface area contributed by atoms with Crippen LogP contribution in [0.4, 0.5) is 11.6 Å². The lowest BCUT2D eigenvalue weighted by atomic mass is 10.0. The van der Waals surface area contributed by atoms with Crippen LogP contribution in [-0.2, 0) is 0 Å². The normalized spacial score (nSPS) is 19.9. The summed E-state index contributed by atoms with van der Waals surface area (Å²) in [6, 6.07) is 0.736. The van der Waals surface area contributed by atoms with Crippen LogP contribution in [-0.4, -0.2) is 40.5 Å². The number of nitrogens with two attached hydrogens (primary N) is 1. The summed E-state index contributed by atoms with van der Waals surface area (Å²) in [5.74, 6) is 1.81. The molecule has 1 aliphatic rings. The van der Waals surface area contributed by atoms with Gasteiger partial charge in [-0.3, -0.25) is 0 Å². The van der Waals surface area contributed by atoms with Crippen LogP contribution >= 0.6 is 0 Å². The first-order valence-electron chi connectivity index (χ1n) is 8.18. The van der Waals surface area contributed by atoms with Gasteiger partial charge >= 0.3 is 0 Å². The number of aromatic nitrogens is 2. The average Bonchev–Trinajstić information content (AvgIpc) is 2.45. The van der Waals surface area contributed by atoms with Gasteiger partial charge < -0.3 is 16.0 Å². The third-order valence-corrected chi connectivity index (χ3v) is 4.35. The van der Waals surface area contributed by atoms with E-state index in [4.69, 9.17) is 5.73 Å². The van der Waals surface area contributed by atoms with Gasteiger partial charge in [0.2, 0.25) is 0 Å². The molecular weight excluding hydrogens is 262 g/mol. The molecule has 0 bridgehead atoms. The second-order valence-electron chi connectivity index (χ2n) is 6.34. The smallest absolute Gasteiger partial charge is 0.134 e. The second kappa shape index (κ2) is 7.59. The van der Waals surface area contributed by atoms with E-state index in [0.29, 0.717) is 11.7 Å². The van der Waals surface area contributed by atoms with Crippen molar-refractivity contribution >= 4 is 11.6 Å². The Balaban J connectivity index is 1.82. The summed E-state index contributed by atoms with van der Waals surface area (Å²) in [6.45, 7) is 9.92. The van der Waals surface area contributed by atoms with Crippen molar-refractivity contribution in [1.82, 2.24) is 14.9 Å². The Hall–Kier alpha value is -1.36. The molecule has 118 valence electrons. The molecule has 2 heterocycles. The number of nitrogens with zero attached hydrogens (tertiary/aromatic N) is 3. The summed E-state index contributed by atoms with van der Waals surface area (Å²) in [5.41, 5.74) is 6.99. The molecule has 1 aromatic heterocycles. The van der Waals surface area contributed by atoms with E-state index < -0.39 is 0 Å². The van der Waals surface area contributed by atoms with Crippen molar-refractivity contribution in [2.45, 2.75) is 58.4 Å². The first kappa shape index (κ1) is 16.0. The summed E-state index contributed by atoms with van der Waals surface area (Å²) < 4.78 is 0. The van der Waals surface area contributed by atoms with Crippen LogP contribution in [0.15, 0.2) is 6.33 Å². The summed E-state index contributed by atoms with van der Waals surface area (Å²) in [7, 11) is 0. The fourth-order valence-electron chi connectivity index (χ4n) is 3.10. The molecule has 5 heteroatoms. The minimum Gasteiger partial charge on any atom is -0.383 e. The fraction of sp³-hybridized carbons (Fsp3) is 0.750. The van der Waals surface area contributed by atoms with Gasteiger partial charge in [0.05, 0.1) is 0 Å². The molecule has 0 aliphatic carbocycles. The maximum absolute atomic E-state index is 5.96. The van der Waals surface area contributed by atoms with Gasteiger partial charge in [-0.25, -0.2) is 9.97 Å². The zero-order valence-corrected chi connectivity index (χ0v) is 13.6. The number of piperidine rings is 1. The minimum atomic E-state index is 0.329. The molecule has 1 aromatic rings. The molecule has 1 aliphatic heterocycles. The first-order chi connectivity index (χ1) is 10.1. The van der Waals surface area contributed by atoms with E-state index in [1.54, 1.807) is 0 Å². The van der Waals surface area contributed by atoms with Crippen molar-refractivity contribution in [3.05, 3.63) is 11.9 Å². The molecule has 1 atom stereocenters. The van der Waals surface area contributed by atoms with Crippen LogP contribution in [0.3, 0.4) is 0 Å². The van der Waals surface area contributed by atoms with E-state index in [1.165, 1.54) is 32.1 Å². The highest BCUT2D eigenvalue weighted by Crippen LogP contribution is 2.26. The maximum atomic E-state index is 5.96. The lowest BCUT2D eigenvalue weighted by Crippen LogP contribution is -2.38. The van der Waals surface area contributed by atoms with E-state index >= 15 is 0 Å². The Kier molecular flexibility index (Phi) is 5.79. The number of rotatable bonds is 6. The number of anilines is 2. The summed E-state index contributed by atoms with van der Waals surface area (Å²) in [4.78, 5) is 11.0. The van der Waals surface area contributed by atoms with Crippen molar-refractivity contribution in [3.8, 4) is 0 Å². The molecule has 0 amide bonds. The molecule has 21 heavy (non-hydrogen) atoms. The van der Waals surface area contributed by atoms with Crippen molar-refractivity contribution < 1.29 is 0 Å². The van der Waals surface area contributed by atoms with E-state index in [2.05, 4.69) is 41.0 Å². The topological polar surface area (TPSA) is 67.1 Å². The quantitative estimate of drug-likeness (QED) is 0.789. The lowest BCUT2D eigenvalue weighted by Gasteiger charge is -2.33. The highest BCUT2D eigenvalue weighted by molar-refractivity contribution is 5.56. The lowest BCUT2D eigenvalue weighted by molar-refractivity contribution is 0.160. The largest absolute Gasteiger partial charge is 0.383 e. The summed E-state index contributed by atoms with van der Waals surface area (Å²) in [6.07, 6.45) is 6.74. The van der Waals surface area contributed by atoms with Crippen LogP contribution in [0.2, 0.25) is 0 Å². The average molecular weight is 291 g/mol. The highest BCUT2D eigenvalue weighted by Gasteiger charge is 2.17. The van der Waals surface area contributed by atoms with Crippen LogP contribution < -0.4 is 11.1 Å². The second-order valence-corrected chi connectivity index (χ2v) is 6.34. The maximum Gasteiger partial charge on any atom is 0.134 e. The van der Waals surface area contributed by atoms with Crippen molar-refractivity contribution in [3.63, 3.8) is 0 Å². The van der Waals surface area contributed by atoms with Gasteiger partial charge in [0.15, 0.2) is 0 Å². The van der Waals surface area contributed by atoms with E-state index in [9.17, 15) is 0 Å². The SMILES string of the molecule is CC(C)c1c(N)ncnc1NCCCN1CCCCC1C. The van der Waals surface area contributed by atoms with Crippen LogP contribution in [0.25, 0.3) is 0 Å². The Labute approximate surface area is 128 Å². The van der Waals surface area contributed by atoms with Crippen LogP contribution in [0, 0.1) is 0 Å². The monoisotopic (exact) mass is 291 g/mol. The summed E-state index contributed by atoms with van der Waals surface area (Å²) >= 11 is 0. The van der Waals surface area contributed by atoms with Gasteiger partial charge in [0, 0.05) is 24.7 Å². The van der Waals surface area contributed by atoms with Crippen molar-refractivity contribution in [1.29, 1.82) is 0 Å². The summed E-state index contributed by atoms with van der Waals surface area (Å²) in [5, 5.41) is 3.43. The highest BCUT2D eigenvalue weighted by atomic mass is 15.2. The van der Waals surface area contributed by atoms with Crippen LogP contribution in [0.5, 0.6) is 0 Å². The fourth-order valence-corrected chi connectivity index (χ4v) is 3.10. The molecule has 0 aromatic carbocycles. The van der Waals surface area contributed by atoms with Gasteiger partial charge in [0.25, 0.3) is 0 Å². The Morgan fingerprint density at radius 1 is 1.38 bits per heavy atom. The van der Waals surface area contributed by atoms with Gasteiger partial charge in [0.1, 0.15) is 18.0 Å². The Bertz CT molecular complexity index is 446. The molecule has 2 rings (SSSR count). The van der Waals surface area contributed by atoms with Crippen LogP contribution in [0.1, 0.15) is 57.9 Å². The van der Waals surface area contributed by atoms with Gasteiger partial charge in [-0.1, -0.05) is 20.3 Å². The third kappa shape index (κ3) is 4.30. The predicted molar refractivity (Wildman–Crippen MR) is 88.5 cm³/mol. The molecule has 1 fully saturated rings. The van der Waals surface area contributed by atoms with Gasteiger partial charge in [-0.15, -0.1) is 0 Å². The number of likely N-dealkylation sites (tertiary alicyclic amines) is 1. The predicted octanol–water partition coefficient (Wildman–Crippen LogP) is 2.86.